The van der Waals surface area contributed by atoms with Gasteiger partial charge in [0.25, 0.3) is 0 Å². The van der Waals surface area contributed by atoms with Crippen molar-refractivity contribution in [2.75, 3.05) is 7.11 Å². The molecule has 112 valence electrons. The van der Waals surface area contributed by atoms with Crippen molar-refractivity contribution in [1.82, 2.24) is 9.97 Å². The predicted octanol–water partition coefficient (Wildman–Crippen LogP) is 5.09. The van der Waals surface area contributed by atoms with E-state index in [0.29, 0.717) is 11.5 Å². The second-order valence-corrected chi connectivity index (χ2v) is 6.08. The van der Waals surface area contributed by atoms with Crippen LogP contribution in [0.25, 0.3) is 22.3 Å². The minimum absolute atomic E-state index is 0.586. The second kappa shape index (κ2) is 6.11. The van der Waals surface area contributed by atoms with E-state index in [1.165, 1.54) is 5.56 Å². The van der Waals surface area contributed by atoms with Crippen LogP contribution in [0.3, 0.4) is 0 Å². The minimum Gasteiger partial charge on any atom is -0.497 e. The van der Waals surface area contributed by atoms with E-state index >= 15 is 0 Å². The van der Waals surface area contributed by atoms with Crippen LogP contribution in [0.5, 0.6) is 5.75 Å². The van der Waals surface area contributed by atoms with Gasteiger partial charge in [-0.25, -0.2) is 9.97 Å². The molecule has 0 aliphatic rings. The molecule has 3 nitrogen and oxygen atoms in total. The quantitative estimate of drug-likeness (QED) is 0.626. The van der Waals surface area contributed by atoms with Gasteiger partial charge in [-0.05, 0) is 25.1 Å². The molecule has 0 N–H and O–H groups in total. The molecule has 2 aromatic carbocycles. The van der Waals surface area contributed by atoms with E-state index < -0.39 is 4.84 Å². The predicted molar refractivity (Wildman–Crippen MR) is 90.7 cm³/mol. The molecular formula is C17H14Cl2N2O. The molecule has 5 heteroatoms. The van der Waals surface area contributed by atoms with Gasteiger partial charge in [0.15, 0.2) is 5.82 Å². The molecule has 0 saturated carbocycles. The van der Waals surface area contributed by atoms with Crippen LogP contribution in [0, 0.1) is 6.92 Å². The summed E-state index contributed by atoms with van der Waals surface area (Å²) in [6.07, 6.45) is 0. The number of nitrogens with zero attached hydrogens (tertiary/aromatic N) is 2. The lowest BCUT2D eigenvalue weighted by Crippen LogP contribution is -1.98. The zero-order chi connectivity index (χ0) is 15.7. The van der Waals surface area contributed by atoms with Gasteiger partial charge in [-0.1, -0.05) is 53.0 Å². The monoisotopic (exact) mass is 332 g/mol. The normalized spacial score (nSPS) is 11.1. The fourth-order valence-electron chi connectivity index (χ4n) is 2.26. The molecule has 0 bridgehead atoms. The number of methoxy groups -OCH3 is 1. The first kappa shape index (κ1) is 15.1. The highest BCUT2D eigenvalue weighted by atomic mass is 35.5. The maximum Gasteiger partial charge on any atom is 0.160 e. The average Bonchev–Trinajstić information content (AvgIpc) is 2.53. The molecule has 1 aromatic heterocycles. The highest BCUT2D eigenvalue weighted by molar-refractivity contribution is 6.44. The van der Waals surface area contributed by atoms with Gasteiger partial charge in [-0.3, -0.25) is 0 Å². The van der Waals surface area contributed by atoms with Gasteiger partial charge in [0, 0.05) is 10.9 Å². The fraction of sp³-hybridized carbons (Fsp3) is 0.176. The number of hydrogen-bond donors (Lipinski definition) is 0. The van der Waals surface area contributed by atoms with Crippen LogP contribution in [-0.4, -0.2) is 17.1 Å². The zero-order valence-corrected chi connectivity index (χ0v) is 13.7. The van der Waals surface area contributed by atoms with E-state index in [9.17, 15) is 0 Å². The molecule has 0 fully saturated rings. The van der Waals surface area contributed by atoms with Crippen molar-refractivity contribution in [3.05, 3.63) is 53.7 Å². The minimum atomic E-state index is -0.734. The van der Waals surface area contributed by atoms with E-state index in [-0.39, 0.29) is 0 Å². The molecule has 0 atom stereocenters. The van der Waals surface area contributed by atoms with Gasteiger partial charge < -0.3 is 4.74 Å². The first-order chi connectivity index (χ1) is 10.6. The molecule has 22 heavy (non-hydrogen) atoms. The Morgan fingerprint density at radius 1 is 1.00 bits per heavy atom. The molecule has 0 aliphatic carbocycles. The molecule has 3 aromatic rings. The number of halogens is 2. The average molecular weight is 333 g/mol. The lowest BCUT2D eigenvalue weighted by Gasteiger charge is -2.10. The van der Waals surface area contributed by atoms with E-state index in [4.69, 9.17) is 27.9 Å². The van der Waals surface area contributed by atoms with Crippen LogP contribution in [0.15, 0.2) is 42.5 Å². The molecule has 0 radical (unpaired) electrons. The summed E-state index contributed by atoms with van der Waals surface area (Å²) in [5.74, 6) is 1.33. The Kier molecular flexibility index (Phi) is 4.19. The highest BCUT2D eigenvalue weighted by Crippen LogP contribution is 2.33. The summed E-state index contributed by atoms with van der Waals surface area (Å²) in [6, 6.07) is 13.6. The summed E-state index contributed by atoms with van der Waals surface area (Å²) in [5.41, 5.74) is 3.48. The summed E-state index contributed by atoms with van der Waals surface area (Å²) in [5, 5.41) is 0.796. The Labute approximate surface area is 138 Å². The van der Waals surface area contributed by atoms with Crippen molar-refractivity contribution >= 4 is 34.1 Å². The number of aromatic nitrogens is 2. The zero-order valence-electron chi connectivity index (χ0n) is 12.2. The van der Waals surface area contributed by atoms with Crippen molar-refractivity contribution in [3.8, 4) is 17.1 Å². The van der Waals surface area contributed by atoms with Crippen molar-refractivity contribution < 1.29 is 4.74 Å². The van der Waals surface area contributed by atoms with E-state index in [1.807, 2.05) is 49.4 Å². The summed E-state index contributed by atoms with van der Waals surface area (Å²) in [7, 11) is 1.61. The number of aryl methyl sites for hydroxylation is 1. The number of hydrogen-bond acceptors (Lipinski definition) is 3. The third kappa shape index (κ3) is 2.87. The first-order valence-corrected chi connectivity index (χ1v) is 7.66. The molecular weight excluding hydrogens is 319 g/mol. The standard InChI is InChI=1S/C17H14Cl2N2O/c1-10-3-5-11(6-4-10)17-20-14-8-7-12(22-2)9-13(14)15(21-17)16(18)19/h3-9,16H,1-2H3. The summed E-state index contributed by atoms with van der Waals surface area (Å²) in [6.45, 7) is 2.04. The van der Waals surface area contributed by atoms with Crippen molar-refractivity contribution in [2.24, 2.45) is 0 Å². The Morgan fingerprint density at radius 3 is 2.36 bits per heavy atom. The van der Waals surface area contributed by atoms with Gasteiger partial charge in [0.1, 0.15) is 10.6 Å². The summed E-state index contributed by atoms with van der Waals surface area (Å²) < 4.78 is 5.24. The van der Waals surface area contributed by atoms with Crippen LogP contribution >= 0.6 is 23.2 Å². The van der Waals surface area contributed by atoms with E-state index in [2.05, 4.69) is 9.97 Å². The molecule has 0 spiro atoms. The Bertz CT molecular complexity index is 817. The van der Waals surface area contributed by atoms with E-state index in [1.54, 1.807) is 7.11 Å². The van der Waals surface area contributed by atoms with Gasteiger partial charge in [0.2, 0.25) is 0 Å². The van der Waals surface area contributed by atoms with Gasteiger partial charge in [-0.2, -0.15) is 0 Å². The Balaban J connectivity index is 2.23. The maximum absolute atomic E-state index is 6.10. The van der Waals surface area contributed by atoms with Gasteiger partial charge >= 0.3 is 0 Å². The number of rotatable bonds is 3. The number of alkyl halides is 2. The SMILES string of the molecule is COc1ccc2nc(-c3ccc(C)cc3)nc(C(Cl)Cl)c2c1. The van der Waals surface area contributed by atoms with Crippen LogP contribution in [0.2, 0.25) is 0 Å². The molecule has 3 rings (SSSR count). The largest absolute Gasteiger partial charge is 0.497 e. The Morgan fingerprint density at radius 2 is 1.73 bits per heavy atom. The molecule has 0 saturated heterocycles. The van der Waals surface area contributed by atoms with Crippen LogP contribution in [0.4, 0.5) is 0 Å². The lowest BCUT2D eigenvalue weighted by atomic mass is 10.1. The molecule has 0 aliphatic heterocycles. The molecule has 1 heterocycles. The van der Waals surface area contributed by atoms with Gasteiger partial charge in [-0.15, -0.1) is 0 Å². The van der Waals surface area contributed by atoms with Crippen molar-refractivity contribution in [1.29, 1.82) is 0 Å². The molecule has 0 amide bonds. The van der Waals surface area contributed by atoms with Crippen molar-refractivity contribution in [2.45, 2.75) is 11.8 Å². The third-order valence-electron chi connectivity index (χ3n) is 3.45. The smallest absolute Gasteiger partial charge is 0.160 e. The maximum atomic E-state index is 6.10. The molecule has 0 unspecified atom stereocenters. The summed E-state index contributed by atoms with van der Waals surface area (Å²) in [4.78, 5) is 8.42. The van der Waals surface area contributed by atoms with Crippen LogP contribution < -0.4 is 4.74 Å². The third-order valence-corrected chi connectivity index (χ3v) is 3.86. The lowest BCUT2D eigenvalue weighted by molar-refractivity contribution is 0.415. The summed E-state index contributed by atoms with van der Waals surface area (Å²) >= 11 is 12.2. The van der Waals surface area contributed by atoms with E-state index in [0.717, 1.165) is 22.2 Å². The topological polar surface area (TPSA) is 35.0 Å². The second-order valence-electron chi connectivity index (χ2n) is 4.98. The van der Waals surface area contributed by atoms with Crippen LogP contribution in [-0.2, 0) is 0 Å². The Hall–Kier alpha value is -1.84. The first-order valence-electron chi connectivity index (χ1n) is 6.79. The number of benzene rings is 2. The van der Waals surface area contributed by atoms with Crippen molar-refractivity contribution in [3.63, 3.8) is 0 Å². The van der Waals surface area contributed by atoms with Gasteiger partial charge in [0.05, 0.1) is 18.3 Å². The number of fused-ring (bicyclic) bond motifs is 1. The van der Waals surface area contributed by atoms with Crippen LogP contribution in [0.1, 0.15) is 16.1 Å². The fourth-order valence-corrected chi connectivity index (χ4v) is 2.59. The highest BCUT2D eigenvalue weighted by Gasteiger charge is 2.15. The number of ether oxygens (including phenoxy) is 1.